The molecule has 23 heavy (non-hydrogen) atoms. The summed E-state index contributed by atoms with van der Waals surface area (Å²) in [5.74, 6) is 2.21. The zero-order chi connectivity index (χ0) is 16.8. The Hall–Kier alpha value is -2.03. The van der Waals surface area contributed by atoms with Crippen LogP contribution in [-0.2, 0) is 4.79 Å². The maximum atomic E-state index is 12.5. The van der Waals surface area contributed by atoms with E-state index in [2.05, 4.69) is 11.2 Å². The van der Waals surface area contributed by atoms with Gasteiger partial charge >= 0.3 is 0 Å². The summed E-state index contributed by atoms with van der Waals surface area (Å²) in [5, 5.41) is 3.12. The summed E-state index contributed by atoms with van der Waals surface area (Å²) >= 11 is 6.16. The number of aryl methyl sites for hydroxylation is 1. The molecule has 0 spiro atoms. The van der Waals surface area contributed by atoms with Crippen molar-refractivity contribution in [3.63, 3.8) is 0 Å². The fraction of sp³-hybridized carbons (Fsp3) is 0.412. The summed E-state index contributed by atoms with van der Waals surface area (Å²) in [6.07, 6.45) is 5.10. The van der Waals surface area contributed by atoms with Gasteiger partial charge in [-0.05, 0) is 24.6 Å². The molecule has 1 aromatic carbocycles. The fourth-order valence-electron chi connectivity index (χ4n) is 2.48. The van der Waals surface area contributed by atoms with E-state index in [1.54, 1.807) is 17.0 Å². The first-order valence-electron chi connectivity index (χ1n) is 7.49. The summed E-state index contributed by atoms with van der Waals surface area (Å²) in [6.45, 7) is 4.93. The van der Waals surface area contributed by atoms with Gasteiger partial charge in [0, 0.05) is 26.2 Å². The molecule has 1 aliphatic rings. The van der Waals surface area contributed by atoms with Crippen molar-refractivity contribution in [3.8, 4) is 12.3 Å². The highest BCUT2D eigenvalue weighted by molar-refractivity contribution is 6.33. The number of piperazine rings is 1. The van der Waals surface area contributed by atoms with Crippen LogP contribution in [0.5, 0.6) is 0 Å². The summed E-state index contributed by atoms with van der Waals surface area (Å²) in [4.78, 5) is 27.9. The summed E-state index contributed by atoms with van der Waals surface area (Å²) in [6, 6.07) is 5.44. The Morgan fingerprint density at radius 1 is 1.30 bits per heavy atom. The van der Waals surface area contributed by atoms with Crippen molar-refractivity contribution in [2.24, 2.45) is 0 Å². The number of halogens is 1. The Morgan fingerprint density at radius 3 is 2.61 bits per heavy atom. The lowest BCUT2D eigenvalue weighted by atomic mass is 10.1. The highest BCUT2D eigenvalue weighted by atomic mass is 35.5. The van der Waals surface area contributed by atoms with Crippen LogP contribution in [0.1, 0.15) is 15.9 Å². The van der Waals surface area contributed by atoms with Crippen molar-refractivity contribution in [3.05, 3.63) is 34.3 Å². The fourth-order valence-corrected chi connectivity index (χ4v) is 2.80. The molecule has 1 saturated heterocycles. The highest BCUT2D eigenvalue weighted by Crippen LogP contribution is 2.20. The Kier molecular flexibility index (Phi) is 6.03. The summed E-state index contributed by atoms with van der Waals surface area (Å²) in [5.41, 5.74) is 1.55. The lowest BCUT2D eigenvalue weighted by Crippen LogP contribution is -2.51. The van der Waals surface area contributed by atoms with Crippen LogP contribution < -0.4 is 5.32 Å². The van der Waals surface area contributed by atoms with Crippen molar-refractivity contribution >= 4 is 23.4 Å². The van der Waals surface area contributed by atoms with Gasteiger partial charge in [-0.25, -0.2) is 0 Å². The molecule has 6 heteroatoms. The predicted molar refractivity (Wildman–Crippen MR) is 90.4 cm³/mol. The first kappa shape index (κ1) is 17.3. The van der Waals surface area contributed by atoms with Crippen molar-refractivity contribution in [2.75, 3.05) is 39.3 Å². The van der Waals surface area contributed by atoms with Gasteiger partial charge in [0.25, 0.3) is 5.91 Å². The molecule has 1 fully saturated rings. The molecule has 0 aliphatic carbocycles. The van der Waals surface area contributed by atoms with E-state index in [-0.39, 0.29) is 18.4 Å². The maximum absolute atomic E-state index is 12.5. The molecule has 0 bridgehead atoms. The number of terminal acetylenes is 1. The number of carbonyl (C=O) groups is 2. The first-order chi connectivity index (χ1) is 11.0. The molecular formula is C17H20ClN3O2. The normalized spacial score (nSPS) is 15.1. The second-order valence-corrected chi connectivity index (χ2v) is 5.94. The van der Waals surface area contributed by atoms with E-state index in [1.807, 2.05) is 17.9 Å². The van der Waals surface area contributed by atoms with Gasteiger partial charge in [-0.15, -0.1) is 6.42 Å². The number of hydrogen-bond acceptors (Lipinski definition) is 3. The predicted octanol–water partition coefficient (Wildman–Crippen LogP) is 1.16. The third-order valence-corrected chi connectivity index (χ3v) is 4.08. The Labute approximate surface area is 141 Å². The van der Waals surface area contributed by atoms with Crippen molar-refractivity contribution < 1.29 is 9.59 Å². The third kappa shape index (κ3) is 4.72. The average molecular weight is 334 g/mol. The average Bonchev–Trinajstić information content (AvgIpc) is 2.53. The minimum Gasteiger partial charge on any atom is -0.344 e. The number of rotatable bonds is 4. The maximum Gasteiger partial charge on any atom is 0.255 e. The van der Waals surface area contributed by atoms with E-state index in [0.29, 0.717) is 43.3 Å². The molecule has 2 rings (SSSR count). The lowest BCUT2D eigenvalue weighted by Gasteiger charge is -2.34. The quantitative estimate of drug-likeness (QED) is 0.841. The van der Waals surface area contributed by atoms with E-state index in [0.717, 1.165) is 5.56 Å². The first-order valence-corrected chi connectivity index (χ1v) is 7.87. The lowest BCUT2D eigenvalue weighted by molar-refractivity contribution is -0.122. The van der Waals surface area contributed by atoms with Gasteiger partial charge in [0.1, 0.15) is 0 Å². The van der Waals surface area contributed by atoms with Crippen LogP contribution in [0.4, 0.5) is 0 Å². The smallest absolute Gasteiger partial charge is 0.255 e. The SMILES string of the molecule is C#CCNC(=O)CN1CCN(C(=O)c2ccc(C)cc2Cl)CC1. The molecule has 0 unspecified atom stereocenters. The molecule has 0 saturated carbocycles. The number of carbonyl (C=O) groups excluding carboxylic acids is 2. The van der Waals surface area contributed by atoms with Crippen molar-refractivity contribution in [1.29, 1.82) is 0 Å². The molecule has 1 aliphatic heterocycles. The van der Waals surface area contributed by atoms with Crippen LogP contribution in [0.15, 0.2) is 18.2 Å². The molecule has 0 aromatic heterocycles. The van der Waals surface area contributed by atoms with Gasteiger partial charge in [-0.3, -0.25) is 14.5 Å². The summed E-state index contributed by atoms with van der Waals surface area (Å²) < 4.78 is 0. The van der Waals surface area contributed by atoms with Gasteiger partial charge in [0.05, 0.1) is 23.7 Å². The largest absolute Gasteiger partial charge is 0.344 e. The van der Waals surface area contributed by atoms with E-state index in [4.69, 9.17) is 18.0 Å². The molecule has 5 nitrogen and oxygen atoms in total. The second-order valence-electron chi connectivity index (χ2n) is 5.53. The zero-order valence-corrected chi connectivity index (χ0v) is 13.9. The molecule has 2 amide bonds. The number of nitrogens with zero attached hydrogens (tertiary/aromatic N) is 2. The van der Waals surface area contributed by atoms with Gasteiger partial charge in [0.2, 0.25) is 5.91 Å². The van der Waals surface area contributed by atoms with Crippen LogP contribution in [-0.4, -0.2) is 60.9 Å². The minimum absolute atomic E-state index is 0.0635. The van der Waals surface area contributed by atoms with Gasteiger partial charge in [0.15, 0.2) is 0 Å². The summed E-state index contributed by atoms with van der Waals surface area (Å²) in [7, 11) is 0. The van der Waals surface area contributed by atoms with E-state index in [1.165, 1.54) is 0 Å². The van der Waals surface area contributed by atoms with Gasteiger partial charge < -0.3 is 10.2 Å². The number of amides is 2. The van der Waals surface area contributed by atoms with Crippen LogP contribution in [0.25, 0.3) is 0 Å². The van der Waals surface area contributed by atoms with Crippen LogP contribution in [0, 0.1) is 19.3 Å². The molecule has 0 radical (unpaired) electrons. The zero-order valence-electron chi connectivity index (χ0n) is 13.1. The third-order valence-electron chi connectivity index (χ3n) is 3.77. The van der Waals surface area contributed by atoms with Crippen LogP contribution in [0.3, 0.4) is 0 Å². The van der Waals surface area contributed by atoms with Crippen LogP contribution in [0.2, 0.25) is 5.02 Å². The number of nitrogens with one attached hydrogen (secondary N) is 1. The highest BCUT2D eigenvalue weighted by Gasteiger charge is 2.24. The van der Waals surface area contributed by atoms with E-state index in [9.17, 15) is 9.59 Å². The number of benzene rings is 1. The Balaban J connectivity index is 1.88. The molecule has 1 aromatic rings. The molecule has 122 valence electrons. The molecule has 1 heterocycles. The van der Waals surface area contributed by atoms with E-state index < -0.39 is 0 Å². The molecule has 0 atom stereocenters. The monoisotopic (exact) mass is 333 g/mol. The van der Waals surface area contributed by atoms with Crippen molar-refractivity contribution in [1.82, 2.24) is 15.1 Å². The Bertz CT molecular complexity index is 631. The van der Waals surface area contributed by atoms with E-state index >= 15 is 0 Å². The van der Waals surface area contributed by atoms with Crippen LogP contribution >= 0.6 is 11.6 Å². The number of hydrogen-bond donors (Lipinski definition) is 1. The molecule has 1 N–H and O–H groups in total. The standard InChI is InChI=1S/C17H20ClN3O2/c1-3-6-19-16(22)12-20-7-9-21(10-8-20)17(23)14-5-4-13(2)11-15(14)18/h1,4-5,11H,6-10,12H2,2H3,(H,19,22). The molecular weight excluding hydrogens is 314 g/mol. The van der Waals surface area contributed by atoms with Gasteiger partial charge in [-0.2, -0.15) is 0 Å². The van der Waals surface area contributed by atoms with Crippen molar-refractivity contribution in [2.45, 2.75) is 6.92 Å². The second kappa shape index (κ2) is 8.00. The van der Waals surface area contributed by atoms with Gasteiger partial charge in [-0.1, -0.05) is 23.6 Å². The Morgan fingerprint density at radius 2 is 2.00 bits per heavy atom. The minimum atomic E-state index is -0.0932. The topological polar surface area (TPSA) is 52.7 Å².